The molecule has 0 saturated carbocycles. The Hall–Kier alpha value is -1.23. The number of rotatable bonds is 4. The number of hydrogen-bond donors (Lipinski definition) is 1. The van der Waals surface area contributed by atoms with E-state index in [2.05, 4.69) is 50.4 Å². The lowest BCUT2D eigenvalue weighted by Gasteiger charge is -2.38. The first-order valence-electron chi connectivity index (χ1n) is 7.59. The van der Waals surface area contributed by atoms with Crippen molar-refractivity contribution in [2.45, 2.75) is 39.3 Å². The Bertz CT molecular complexity index is 637. The number of benzene rings is 1. The first-order chi connectivity index (χ1) is 10.2. The maximum atomic E-state index is 5.91. The van der Waals surface area contributed by atoms with E-state index in [1.54, 1.807) is 11.3 Å². The Balaban J connectivity index is 2.17. The minimum Gasteiger partial charge on any atom is -0.374 e. The maximum Gasteiger partial charge on any atom is 0.120 e. The molecule has 0 aliphatic carbocycles. The molecule has 21 heavy (non-hydrogen) atoms. The molecule has 0 fully saturated rings. The van der Waals surface area contributed by atoms with Gasteiger partial charge < -0.3 is 10.1 Å². The Morgan fingerprint density at radius 1 is 1.33 bits per heavy atom. The van der Waals surface area contributed by atoms with Crippen LogP contribution in [0.15, 0.2) is 24.3 Å². The summed E-state index contributed by atoms with van der Waals surface area (Å²) < 4.78 is 5.91. The lowest BCUT2D eigenvalue weighted by atomic mass is 9.85. The highest BCUT2D eigenvalue weighted by Gasteiger charge is 2.41. The van der Waals surface area contributed by atoms with Gasteiger partial charge in [-0.05, 0) is 31.0 Å². The molecule has 1 aromatic carbocycles. The summed E-state index contributed by atoms with van der Waals surface area (Å²) in [5.41, 5.74) is 3.48. The van der Waals surface area contributed by atoms with Gasteiger partial charge >= 0.3 is 0 Å². The molecular weight excluding hydrogens is 280 g/mol. The fourth-order valence-corrected chi connectivity index (χ4v) is 4.26. The first kappa shape index (κ1) is 14.7. The molecular formula is C17H22N2OS. The number of aromatic nitrogens is 1. The van der Waals surface area contributed by atoms with Crippen LogP contribution < -0.4 is 5.32 Å². The zero-order chi connectivity index (χ0) is 14.9. The van der Waals surface area contributed by atoms with Crippen molar-refractivity contribution >= 4 is 11.3 Å². The highest BCUT2D eigenvalue weighted by atomic mass is 32.1. The van der Waals surface area contributed by atoms with Crippen LogP contribution in [0.2, 0.25) is 0 Å². The smallest absolute Gasteiger partial charge is 0.120 e. The molecule has 0 amide bonds. The topological polar surface area (TPSA) is 34.2 Å². The molecule has 0 bridgehead atoms. The number of hydrogen-bond acceptors (Lipinski definition) is 4. The van der Waals surface area contributed by atoms with Crippen LogP contribution in [0, 0.1) is 6.92 Å². The Morgan fingerprint density at radius 3 is 2.86 bits per heavy atom. The number of nitrogens with zero attached hydrogens (tertiary/aromatic N) is 1. The van der Waals surface area contributed by atoms with Crippen LogP contribution in [0.3, 0.4) is 0 Å². The van der Waals surface area contributed by atoms with Crippen molar-refractivity contribution in [3.05, 3.63) is 51.0 Å². The van der Waals surface area contributed by atoms with Gasteiger partial charge in [0.1, 0.15) is 10.5 Å². The maximum absolute atomic E-state index is 5.91. The van der Waals surface area contributed by atoms with Gasteiger partial charge in [0.05, 0.1) is 18.9 Å². The van der Waals surface area contributed by atoms with Crippen LogP contribution in [-0.2, 0) is 23.3 Å². The van der Waals surface area contributed by atoms with Crippen molar-refractivity contribution in [3.63, 3.8) is 0 Å². The Labute approximate surface area is 130 Å². The summed E-state index contributed by atoms with van der Waals surface area (Å²) in [5.74, 6) is 0. The van der Waals surface area contributed by atoms with Crippen molar-refractivity contribution in [2.75, 3.05) is 13.2 Å². The summed E-state index contributed by atoms with van der Waals surface area (Å²) in [5, 5.41) is 4.79. The zero-order valence-corrected chi connectivity index (χ0v) is 13.7. The molecule has 1 N–H and O–H groups in total. The molecule has 1 aliphatic rings. The van der Waals surface area contributed by atoms with Crippen LogP contribution >= 0.6 is 11.3 Å². The molecule has 1 atom stereocenters. The average Bonchev–Trinajstić information content (AvgIpc) is 2.89. The van der Waals surface area contributed by atoms with E-state index in [0.29, 0.717) is 13.2 Å². The lowest BCUT2D eigenvalue weighted by molar-refractivity contribution is 0.0530. The predicted molar refractivity (Wildman–Crippen MR) is 86.8 cm³/mol. The molecule has 1 unspecified atom stereocenters. The van der Waals surface area contributed by atoms with Gasteiger partial charge in [-0.3, -0.25) is 0 Å². The van der Waals surface area contributed by atoms with Gasteiger partial charge in [0.15, 0.2) is 0 Å². The zero-order valence-electron chi connectivity index (χ0n) is 12.9. The van der Waals surface area contributed by atoms with Crippen molar-refractivity contribution < 1.29 is 4.74 Å². The summed E-state index contributed by atoms with van der Waals surface area (Å²) in [6.45, 7) is 8.69. The van der Waals surface area contributed by atoms with Crippen LogP contribution in [0.5, 0.6) is 0 Å². The second-order valence-electron chi connectivity index (χ2n) is 5.46. The molecule has 112 valence electrons. The third kappa shape index (κ3) is 2.41. The second-order valence-corrected chi connectivity index (χ2v) is 6.66. The lowest BCUT2D eigenvalue weighted by Crippen LogP contribution is -2.49. The minimum atomic E-state index is -0.299. The predicted octanol–water partition coefficient (Wildman–Crippen LogP) is 3.40. The summed E-state index contributed by atoms with van der Waals surface area (Å²) in [7, 11) is 0. The molecule has 4 heteroatoms. The number of aryl methyl sites for hydroxylation is 2. The van der Waals surface area contributed by atoms with Gasteiger partial charge in [-0.25, -0.2) is 4.98 Å². The fraction of sp³-hybridized carbons (Fsp3) is 0.471. The summed E-state index contributed by atoms with van der Waals surface area (Å²) in [6.07, 6.45) is 0.979. The van der Waals surface area contributed by atoms with E-state index in [0.717, 1.165) is 18.0 Å². The van der Waals surface area contributed by atoms with Crippen molar-refractivity contribution in [3.8, 4) is 0 Å². The van der Waals surface area contributed by atoms with E-state index in [-0.39, 0.29) is 5.54 Å². The monoisotopic (exact) mass is 302 g/mol. The van der Waals surface area contributed by atoms with Gasteiger partial charge in [-0.2, -0.15) is 0 Å². The average molecular weight is 302 g/mol. The van der Waals surface area contributed by atoms with Gasteiger partial charge in [0.25, 0.3) is 0 Å². The highest BCUT2D eigenvalue weighted by Crippen LogP contribution is 2.39. The highest BCUT2D eigenvalue weighted by molar-refractivity contribution is 7.11. The van der Waals surface area contributed by atoms with Gasteiger partial charge in [-0.1, -0.05) is 38.1 Å². The third-order valence-corrected chi connectivity index (χ3v) is 5.30. The molecule has 0 spiro atoms. The van der Waals surface area contributed by atoms with Gasteiger partial charge in [0.2, 0.25) is 0 Å². The number of likely N-dealkylation sites (N-methyl/N-ethyl adjacent to an activating group) is 1. The number of nitrogens with one attached hydrogen (secondary N) is 1. The summed E-state index contributed by atoms with van der Waals surface area (Å²) >= 11 is 1.79. The molecule has 3 rings (SSSR count). The van der Waals surface area contributed by atoms with E-state index in [9.17, 15) is 0 Å². The van der Waals surface area contributed by atoms with Gasteiger partial charge in [0, 0.05) is 4.88 Å². The normalized spacial score (nSPS) is 21.3. The van der Waals surface area contributed by atoms with Crippen molar-refractivity contribution in [2.24, 2.45) is 0 Å². The van der Waals surface area contributed by atoms with E-state index < -0.39 is 0 Å². The molecule has 0 saturated heterocycles. The van der Waals surface area contributed by atoms with Crippen molar-refractivity contribution in [1.29, 1.82) is 0 Å². The SMILES string of the molecule is CCNC1(c2nc(CC)c(C)s2)COCc2ccccc21. The number of thiazole rings is 1. The Morgan fingerprint density at radius 2 is 2.14 bits per heavy atom. The first-order valence-corrected chi connectivity index (χ1v) is 8.41. The van der Waals surface area contributed by atoms with Gasteiger partial charge in [-0.15, -0.1) is 11.3 Å². The molecule has 3 nitrogen and oxygen atoms in total. The molecule has 1 aromatic heterocycles. The molecule has 0 radical (unpaired) electrons. The summed E-state index contributed by atoms with van der Waals surface area (Å²) in [6, 6.07) is 8.55. The standard InChI is InChI=1S/C17H22N2OS/c1-4-15-12(3)21-16(19-15)17(18-5-2)11-20-10-13-8-6-7-9-14(13)17/h6-9,18H,4-5,10-11H2,1-3H3. The Kier molecular flexibility index (Phi) is 4.11. The van der Waals surface area contributed by atoms with Crippen LogP contribution in [0.4, 0.5) is 0 Å². The molecule has 2 heterocycles. The largest absolute Gasteiger partial charge is 0.374 e. The fourth-order valence-electron chi connectivity index (χ4n) is 3.09. The molecule has 2 aromatic rings. The van der Waals surface area contributed by atoms with E-state index in [4.69, 9.17) is 9.72 Å². The number of fused-ring (bicyclic) bond motifs is 1. The quantitative estimate of drug-likeness (QED) is 0.940. The second kappa shape index (κ2) is 5.87. The van der Waals surface area contributed by atoms with Crippen LogP contribution in [0.25, 0.3) is 0 Å². The van der Waals surface area contributed by atoms with E-state index in [1.165, 1.54) is 21.7 Å². The molecule has 1 aliphatic heterocycles. The third-order valence-electron chi connectivity index (χ3n) is 4.12. The van der Waals surface area contributed by atoms with E-state index in [1.807, 2.05) is 0 Å². The van der Waals surface area contributed by atoms with E-state index >= 15 is 0 Å². The van der Waals surface area contributed by atoms with Crippen LogP contribution in [-0.4, -0.2) is 18.1 Å². The number of ether oxygens (including phenoxy) is 1. The van der Waals surface area contributed by atoms with Crippen molar-refractivity contribution in [1.82, 2.24) is 10.3 Å². The summed E-state index contributed by atoms with van der Waals surface area (Å²) in [4.78, 5) is 6.23. The minimum absolute atomic E-state index is 0.299. The van der Waals surface area contributed by atoms with Crippen LogP contribution in [0.1, 0.15) is 40.6 Å².